The van der Waals surface area contributed by atoms with Gasteiger partial charge in [0.15, 0.2) is 0 Å². The summed E-state index contributed by atoms with van der Waals surface area (Å²) in [4.78, 5) is 36.2. The molecule has 1 aromatic rings. The van der Waals surface area contributed by atoms with E-state index in [2.05, 4.69) is 10.6 Å². The van der Waals surface area contributed by atoms with E-state index < -0.39 is 12.1 Å². The molecule has 1 aromatic carbocycles. The lowest BCUT2D eigenvalue weighted by Gasteiger charge is -2.20. The van der Waals surface area contributed by atoms with Crippen LogP contribution in [0.15, 0.2) is 6.07 Å². The quantitative estimate of drug-likeness (QED) is 0.767. The Balaban J connectivity index is 2.50. The van der Waals surface area contributed by atoms with Gasteiger partial charge in [-0.2, -0.15) is 0 Å². The first kappa shape index (κ1) is 16.8. The molecular formula is C16H21N3O4. The van der Waals surface area contributed by atoms with Crippen LogP contribution in [-0.2, 0) is 22.6 Å². The van der Waals surface area contributed by atoms with Gasteiger partial charge in [0.05, 0.1) is 0 Å². The van der Waals surface area contributed by atoms with Gasteiger partial charge >= 0.3 is 6.09 Å². The SMILES string of the molecule is CC(=O)Nc1c(C)cc2c(c1C)CN(C)C(=O)C(NC(=O)O)C2. The van der Waals surface area contributed by atoms with Gasteiger partial charge in [-0.3, -0.25) is 9.59 Å². The molecule has 3 N–H and O–H groups in total. The smallest absolute Gasteiger partial charge is 0.405 e. The summed E-state index contributed by atoms with van der Waals surface area (Å²) in [6, 6.07) is 1.11. The molecule has 0 saturated carbocycles. The molecule has 124 valence electrons. The summed E-state index contributed by atoms with van der Waals surface area (Å²) >= 11 is 0. The molecular weight excluding hydrogens is 298 g/mol. The second-order valence-corrected chi connectivity index (χ2v) is 5.91. The van der Waals surface area contributed by atoms with E-state index in [0.717, 1.165) is 27.9 Å². The first-order valence-corrected chi connectivity index (χ1v) is 7.34. The number of benzene rings is 1. The van der Waals surface area contributed by atoms with Gasteiger partial charge in [0, 0.05) is 32.6 Å². The Morgan fingerprint density at radius 3 is 2.57 bits per heavy atom. The van der Waals surface area contributed by atoms with Gasteiger partial charge in [-0.15, -0.1) is 0 Å². The van der Waals surface area contributed by atoms with Crippen LogP contribution in [0.4, 0.5) is 10.5 Å². The molecule has 0 bridgehead atoms. The second-order valence-electron chi connectivity index (χ2n) is 5.91. The first-order valence-electron chi connectivity index (χ1n) is 7.34. The highest BCUT2D eigenvalue weighted by molar-refractivity contribution is 5.91. The summed E-state index contributed by atoms with van der Waals surface area (Å²) in [7, 11) is 1.64. The van der Waals surface area contributed by atoms with E-state index in [1.807, 2.05) is 19.9 Å². The van der Waals surface area contributed by atoms with E-state index in [0.29, 0.717) is 13.0 Å². The molecule has 7 heteroatoms. The van der Waals surface area contributed by atoms with Crippen LogP contribution in [0.3, 0.4) is 0 Å². The number of nitrogens with zero attached hydrogens (tertiary/aromatic N) is 1. The Bertz CT molecular complexity index is 684. The molecule has 7 nitrogen and oxygen atoms in total. The maximum atomic E-state index is 12.3. The van der Waals surface area contributed by atoms with Crippen LogP contribution in [-0.4, -0.2) is 41.0 Å². The molecule has 0 spiro atoms. The predicted molar refractivity (Wildman–Crippen MR) is 85.3 cm³/mol. The normalized spacial score (nSPS) is 17.3. The highest BCUT2D eigenvalue weighted by atomic mass is 16.4. The zero-order chi connectivity index (χ0) is 17.3. The van der Waals surface area contributed by atoms with Crippen molar-refractivity contribution in [1.29, 1.82) is 0 Å². The molecule has 23 heavy (non-hydrogen) atoms. The topological polar surface area (TPSA) is 98.7 Å². The largest absolute Gasteiger partial charge is 0.465 e. The summed E-state index contributed by atoms with van der Waals surface area (Å²) < 4.78 is 0. The standard InChI is InChI=1S/C16H21N3O4/c1-8-5-11-6-13(18-16(22)23)15(21)19(4)7-12(11)9(2)14(8)17-10(3)20/h5,13,18H,6-7H2,1-4H3,(H,17,20)(H,22,23). The lowest BCUT2D eigenvalue weighted by atomic mass is 9.93. The lowest BCUT2D eigenvalue weighted by Crippen LogP contribution is -2.46. The molecule has 1 atom stereocenters. The van der Waals surface area contributed by atoms with Crippen molar-refractivity contribution < 1.29 is 19.5 Å². The Hall–Kier alpha value is -2.57. The van der Waals surface area contributed by atoms with Gasteiger partial charge in [0.25, 0.3) is 0 Å². The number of amides is 3. The van der Waals surface area contributed by atoms with Crippen LogP contribution >= 0.6 is 0 Å². The van der Waals surface area contributed by atoms with Crippen LogP contribution in [0.25, 0.3) is 0 Å². The Labute approximate surface area is 134 Å². The zero-order valence-electron chi connectivity index (χ0n) is 13.7. The molecule has 0 saturated heterocycles. The maximum absolute atomic E-state index is 12.3. The minimum Gasteiger partial charge on any atom is -0.465 e. The van der Waals surface area contributed by atoms with Gasteiger partial charge in [-0.05, 0) is 36.1 Å². The monoisotopic (exact) mass is 319 g/mol. The number of aryl methyl sites for hydroxylation is 1. The average molecular weight is 319 g/mol. The molecule has 0 aliphatic carbocycles. The minimum absolute atomic E-state index is 0.153. The number of fused-ring (bicyclic) bond motifs is 1. The van der Waals surface area contributed by atoms with Crippen molar-refractivity contribution in [1.82, 2.24) is 10.2 Å². The molecule has 0 aromatic heterocycles. The van der Waals surface area contributed by atoms with Gasteiger partial charge in [0.1, 0.15) is 6.04 Å². The fourth-order valence-corrected chi connectivity index (χ4v) is 3.03. The van der Waals surface area contributed by atoms with Crippen molar-refractivity contribution in [3.05, 3.63) is 28.3 Å². The Morgan fingerprint density at radius 1 is 1.35 bits per heavy atom. The maximum Gasteiger partial charge on any atom is 0.405 e. The fourth-order valence-electron chi connectivity index (χ4n) is 3.03. The number of rotatable bonds is 2. The minimum atomic E-state index is -1.22. The average Bonchev–Trinajstić information content (AvgIpc) is 2.54. The van der Waals surface area contributed by atoms with Gasteiger partial charge in [-0.1, -0.05) is 6.07 Å². The van der Waals surface area contributed by atoms with E-state index in [1.165, 1.54) is 11.8 Å². The molecule has 1 heterocycles. The molecule has 1 aliphatic heterocycles. The molecule has 1 unspecified atom stereocenters. The molecule has 2 rings (SSSR count). The number of hydrogen-bond donors (Lipinski definition) is 3. The summed E-state index contributed by atoms with van der Waals surface area (Å²) in [5.74, 6) is -0.415. The van der Waals surface area contributed by atoms with Crippen LogP contribution < -0.4 is 10.6 Å². The zero-order valence-corrected chi connectivity index (χ0v) is 13.7. The van der Waals surface area contributed by atoms with Crippen LogP contribution in [0, 0.1) is 13.8 Å². The number of nitrogens with one attached hydrogen (secondary N) is 2. The third kappa shape index (κ3) is 3.44. The number of anilines is 1. The molecule has 3 amide bonds. The first-order chi connectivity index (χ1) is 10.7. The van der Waals surface area contributed by atoms with Crippen LogP contribution in [0.5, 0.6) is 0 Å². The van der Waals surface area contributed by atoms with Crippen molar-refractivity contribution in [2.45, 2.75) is 39.8 Å². The Morgan fingerprint density at radius 2 is 2.00 bits per heavy atom. The molecule has 0 fully saturated rings. The van der Waals surface area contributed by atoms with Crippen LogP contribution in [0.2, 0.25) is 0 Å². The van der Waals surface area contributed by atoms with E-state index >= 15 is 0 Å². The van der Waals surface area contributed by atoms with E-state index in [4.69, 9.17) is 5.11 Å². The van der Waals surface area contributed by atoms with E-state index in [1.54, 1.807) is 7.05 Å². The predicted octanol–water partition coefficient (Wildman–Crippen LogP) is 1.41. The molecule has 0 radical (unpaired) electrons. The van der Waals surface area contributed by atoms with Crippen molar-refractivity contribution in [2.24, 2.45) is 0 Å². The number of carbonyl (C=O) groups excluding carboxylic acids is 2. The van der Waals surface area contributed by atoms with Crippen molar-refractivity contribution in [3.8, 4) is 0 Å². The van der Waals surface area contributed by atoms with Gasteiger partial charge in [-0.25, -0.2) is 4.79 Å². The Kier molecular flexibility index (Phi) is 4.58. The van der Waals surface area contributed by atoms with Crippen LogP contribution in [0.1, 0.15) is 29.2 Å². The van der Waals surface area contributed by atoms with Gasteiger partial charge < -0.3 is 20.6 Å². The number of carbonyl (C=O) groups is 3. The summed E-state index contributed by atoms with van der Waals surface area (Å²) in [6.45, 7) is 5.62. The van der Waals surface area contributed by atoms with E-state index in [-0.39, 0.29) is 11.8 Å². The summed E-state index contributed by atoms with van der Waals surface area (Å²) in [5, 5.41) is 14.0. The van der Waals surface area contributed by atoms with Gasteiger partial charge in [0.2, 0.25) is 11.8 Å². The number of carboxylic acid groups (broad SMARTS) is 1. The molecule has 1 aliphatic rings. The van der Waals surface area contributed by atoms with Crippen molar-refractivity contribution >= 4 is 23.6 Å². The number of hydrogen-bond acceptors (Lipinski definition) is 3. The number of likely N-dealkylation sites (N-methyl/N-ethyl adjacent to an activating group) is 1. The highest BCUT2D eigenvalue weighted by Gasteiger charge is 2.30. The summed E-state index contributed by atoms with van der Waals surface area (Å²) in [5.41, 5.74) is 4.42. The summed E-state index contributed by atoms with van der Waals surface area (Å²) in [6.07, 6.45) is -0.921. The fraction of sp³-hybridized carbons (Fsp3) is 0.438. The second kappa shape index (κ2) is 6.28. The van der Waals surface area contributed by atoms with E-state index in [9.17, 15) is 14.4 Å². The third-order valence-corrected chi connectivity index (χ3v) is 4.09. The third-order valence-electron chi connectivity index (χ3n) is 4.09. The highest BCUT2D eigenvalue weighted by Crippen LogP contribution is 2.30. The lowest BCUT2D eigenvalue weighted by molar-refractivity contribution is -0.132. The van der Waals surface area contributed by atoms with Crippen molar-refractivity contribution in [2.75, 3.05) is 12.4 Å². The van der Waals surface area contributed by atoms with Crippen molar-refractivity contribution in [3.63, 3.8) is 0 Å².